The van der Waals surface area contributed by atoms with Gasteiger partial charge in [0.1, 0.15) is 11.8 Å². The molecule has 0 aromatic carbocycles. The molecular weight excluding hydrogens is 259 g/mol. The van der Waals surface area contributed by atoms with Crippen LogP contribution in [0.3, 0.4) is 0 Å². The van der Waals surface area contributed by atoms with Crippen molar-refractivity contribution in [2.45, 2.75) is 0 Å². The van der Waals surface area contributed by atoms with Gasteiger partial charge in [-0.3, -0.25) is 9.59 Å². The van der Waals surface area contributed by atoms with Crippen LogP contribution in [0.2, 0.25) is 0 Å². The van der Waals surface area contributed by atoms with E-state index in [4.69, 9.17) is 23.2 Å². The number of hydrogen-bond acceptors (Lipinski definition) is 3. The average Bonchev–Trinajstić information content (AvgIpc) is 2.26. The van der Waals surface area contributed by atoms with Gasteiger partial charge in [0.2, 0.25) is 11.8 Å². The van der Waals surface area contributed by atoms with Crippen molar-refractivity contribution in [3.8, 4) is 0 Å². The molecule has 4 nitrogen and oxygen atoms in total. The molecule has 0 saturated heterocycles. The summed E-state index contributed by atoms with van der Waals surface area (Å²) >= 11 is 12.2. The molecule has 0 rings (SSSR count). The maximum Gasteiger partial charge on any atom is 0.234 e. The van der Waals surface area contributed by atoms with Crippen LogP contribution in [0.5, 0.6) is 0 Å². The zero-order chi connectivity index (χ0) is 11.5. The van der Waals surface area contributed by atoms with Gasteiger partial charge in [0.15, 0.2) is 0 Å². The first-order valence-electron chi connectivity index (χ1n) is 4.43. The number of hydrogen-bond donors (Lipinski definition) is 2. The van der Waals surface area contributed by atoms with Crippen molar-refractivity contribution >= 4 is 46.8 Å². The van der Waals surface area contributed by atoms with Crippen LogP contribution >= 0.6 is 35.0 Å². The minimum absolute atomic E-state index is 0.00353. The predicted molar refractivity (Wildman–Crippen MR) is 64.8 cm³/mol. The van der Waals surface area contributed by atoms with Gasteiger partial charge >= 0.3 is 0 Å². The zero-order valence-electron chi connectivity index (χ0n) is 8.22. The fourth-order valence-corrected chi connectivity index (χ4v) is 1.61. The summed E-state index contributed by atoms with van der Waals surface area (Å²) in [6.45, 7) is 1.19. The van der Waals surface area contributed by atoms with Gasteiger partial charge in [0, 0.05) is 24.6 Å². The first-order valence-corrected chi connectivity index (χ1v) is 6.66. The topological polar surface area (TPSA) is 58.2 Å². The monoisotopic (exact) mass is 272 g/mol. The summed E-state index contributed by atoms with van der Waals surface area (Å²) in [4.78, 5) is 21.4. The average molecular weight is 273 g/mol. The Hall–Kier alpha value is -0.130. The number of amides is 2. The second-order valence-electron chi connectivity index (χ2n) is 2.58. The van der Waals surface area contributed by atoms with Crippen LogP contribution in [0.4, 0.5) is 0 Å². The lowest BCUT2D eigenvalue weighted by atomic mass is 10.6. The number of halogens is 2. The third-order valence-corrected chi connectivity index (χ3v) is 2.85. The Bertz CT molecular complexity index is 185. The molecule has 0 aliphatic carbocycles. The summed E-state index contributed by atoms with van der Waals surface area (Å²) < 4.78 is 0. The van der Waals surface area contributed by atoms with E-state index in [1.165, 1.54) is 0 Å². The van der Waals surface area contributed by atoms with Crippen LogP contribution in [-0.4, -0.2) is 48.2 Å². The maximum absolute atomic E-state index is 10.7. The van der Waals surface area contributed by atoms with Crippen molar-refractivity contribution in [2.75, 3.05) is 36.4 Å². The smallest absolute Gasteiger partial charge is 0.234 e. The van der Waals surface area contributed by atoms with Crippen molar-refractivity contribution in [2.24, 2.45) is 0 Å². The van der Waals surface area contributed by atoms with Crippen LogP contribution in [0.15, 0.2) is 0 Å². The molecule has 0 aromatic rings. The number of thioether (sulfide) groups is 1. The minimum atomic E-state index is -0.160. The second kappa shape index (κ2) is 10.4. The van der Waals surface area contributed by atoms with Crippen molar-refractivity contribution in [3.63, 3.8) is 0 Å². The standard InChI is InChI=1S/C8H14Cl2N2O2S/c9-5-7(13)11-1-3-15-4-2-12-8(14)6-10/h1-6H2,(H,11,13)(H,12,14). The van der Waals surface area contributed by atoms with Gasteiger partial charge in [-0.2, -0.15) is 11.8 Å². The highest BCUT2D eigenvalue weighted by molar-refractivity contribution is 7.99. The minimum Gasteiger partial charge on any atom is -0.354 e. The normalized spacial score (nSPS) is 9.73. The predicted octanol–water partition coefficient (Wildman–Crippen LogP) is 0.430. The Morgan fingerprint density at radius 3 is 1.67 bits per heavy atom. The van der Waals surface area contributed by atoms with Crippen molar-refractivity contribution < 1.29 is 9.59 Å². The van der Waals surface area contributed by atoms with Gasteiger partial charge in [-0.1, -0.05) is 0 Å². The van der Waals surface area contributed by atoms with E-state index >= 15 is 0 Å². The summed E-state index contributed by atoms with van der Waals surface area (Å²) in [5.41, 5.74) is 0. The highest BCUT2D eigenvalue weighted by Crippen LogP contribution is 1.96. The van der Waals surface area contributed by atoms with E-state index in [-0.39, 0.29) is 23.6 Å². The summed E-state index contributed by atoms with van der Waals surface area (Å²) in [6, 6.07) is 0. The van der Waals surface area contributed by atoms with Crippen LogP contribution in [0.25, 0.3) is 0 Å². The highest BCUT2D eigenvalue weighted by atomic mass is 35.5. The molecule has 88 valence electrons. The number of carbonyl (C=O) groups is 2. The molecule has 0 atom stereocenters. The lowest BCUT2D eigenvalue weighted by Gasteiger charge is -2.04. The summed E-state index contributed by atoms with van der Waals surface area (Å²) in [7, 11) is 0. The molecule has 0 aliphatic heterocycles. The lowest BCUT2D eigenvalue weighted by Crippen LogP contribution is -2.28. The lowest BCUT2D eigenvalue weighted by molar-refractivity contribution is -0.119. The Labute approximate surface area is 103 Å². The van der Waals surface area contributed by atoms with E-state index in [9.17, 15) is 9.59 Å². The van der Waals surface area contributed by atoms with E-state index in [2.05, 4.69) is 10.6 Å². The fourth-order valence-electron chi connectivity index (χ4n) is 0.722. The summed E-state index contributed by atoms with van der Waals surface area (Å²) in [5.74, 6) is 1.28. The van der Waals surface area contributed by atoms with E-state index in [0.29, 0.717) is 13.1 Å². The van der Waals surface area contributed by atoms with Crippen molar-refractivity contribution in [1.82, 2.24) is 10.6 Å². The Morgan fingerprint density at radius 1 is 0.933 bits per heavy atom. The van der Waals surface area contributed by atoms with Crippen molar-refractivity contribution in [3.05, 3.63) is 0 Å². The van der Waals surface area contributed by atoms with Gasteiger partial charge < -0.3 is 10.6 Å². The second-order valence-corrected chi connectivity index (χ2v) is 4.34. The fraction of sp³-hybridized carbons (Fsp3) is 0.750. The summed E-state index contributed by atoms with van der Waals surface area (Å²) in [6.07, 6.45) is 0. The molecule has 0 fully saturated rings. The maximum atomic E-state index is 10.7. The number of nitrogens with one attached hydrogen (secondary N) is 2. The van der Waals surface area contributed by atoms with E-state index < -0.39 is 0 Å². The molecular formula is C8H14Cl2N2O2S. The molecule has 7 heteroatoms. The Kier molecular flexibility index (Phi) is 10.3. The molecule has 0 heterocycles. The molecule has 0 saturated carbocycles. The molecule has 0 bridgehead atoms. The third kappa shape index (κ3) is 10.2. The van der Waals surface area contributed by atoms with Gasteiger partial charge in [-0.15, -0.1) is 23.2 Å². The molecule has 0 aromatic heterocycles. The number of carbonyl (C=O) groups excluding carboxylic acids is 2. The molecule has 0 radical (unpaired) electrons. The molecule has 0 aliphatic rings. The summed E-state index contributed by atoms with van der Waals surface area (Å²) in [5, 5.41) is 5.29. The van der Waals surface area contributed by atoms with Crippen molar-refractivity contribution in [1.29, 1.82) is 0 Å². The molecule has 0 spiro atoms. The molecule has 0 unspecified atom stereocenters. The Balaban J connectivity index is 3.11. The molecule has 2 N–H and O–H groups in total. The zero-order valence-corrected chi connectivity index (χ0v) is 10.6. The largest absolute Gasteiger partial charge is 0.354 e. The van der Waals surface area contributed by atoms with E-state index in [0.717, 1.165) is 11.5 Å². The van der Waals surface area contributed by atoms with Crippen LogP contribution in [0.1, 0.15) is 0 Å². The van der Waals surface area contributed by atoms with Gasteiger partial charge in [0.25, 0.3) is 0 Å². The van der Waals surface area contributed by atoms with E-state index in [1.807, 2.05) is 0 Å². The van der Waals surface area contributed by atoms with Gasteiger partial charge in [-0.25, -0.2) is 0 Å². The molecule has 15 heavy (non-hydrogen) atoms. The third-order valence-electron chi connectivity index (χ3n) is 1.38. The van der Waals surface area contributed by atoms with Crippen LogP contribution < -0.4 is 10.6 Å². The SMILES string of the molecule is O=C(CCl)NCCSCCNC(=O)CCl. The highest BCUT2D eigenvalue weighted by Gasteiger charge is 1.98. The number of alkyl halides is 2. The quantitative estimate of drug-likeness (QED) is 0.498. The first kappa shape index (κ1) is 14.9. The van der Waals surface area contributed by atoms with Crippen LogP contribution in [-0.2, 0) is 9.59 Å². The first-order chi connectivity index (χ1) is 7.20. The van der Waals surface area contributed by atoms with Gasteiger partial charge in [-0.05, 0) is 0 Å². The van der Waals surface area contributed by atoms with E-state index in [1.54, 1.807) is 11.8 Å². The molecule has 2 amide bonds. The van der Waals surface area contributed by atoms with Gasteiger partial charge in [0.05, 0.1) is 0 Å². The Morgan fingerprint density at radius 2 is 1.33 bits per heavy atom. The number of rotatable bonds is 8. The van der Waals surface area contributed by atoms with Crippen LogP contribution in [0, 0.1) is 0 Å².